The SMILES string of the molecule is CNC[C@H](C[C@H]1CCCOC1)NC(=O)N1CCC[C@H](c2ccccc2COCCNC(=O)OC)C1. The van der Waals surface area contributed by atoms with E-state index in [9.17, 15) is 9.59 Å². The van der Waals surface area contributed by atoms with Gasteiger partial charge in [0, 0.05) is 51.4 Å². The van der Waals surface area contributed by atoms with Crippen LogP contribution in [0.15, 0.2) is 24.3 Å². The molecule has 0 aromatic heterocycles. The average molecular weight is 491 g/mol. The quantitative estimate of drug-likeness (QED) is 0.413. The van der Waals surface area contributed by atoms with E-state index in [0.717, 1.165) is 57.6 Å². The molecule has 35 heavy (non-hydrogen) atoms. The van der Waals surface area contributed by atoms with E-state index in [-0.39, 0.29) is 18.0 Å². The molecule has 2 saturated heterocycles. The van der Waals surface area contributed by atoms with Crippen LogP contribution in [0.3, 0.4) is 0 Å². The number of amides is 3. The number of methoxy groups -OCH3 is 1. The summed E-state index contributed by atoms with van der Waals surface area (Å²) >= 11 is 0. The number of likely N-dealkylation sites (tertiary alicyclic amines) is 1. The van der Waals surface area contributed by atoms with E-state index in [1.165, 1.54) is 19.1 Å². The summed E-state index contributed by atoms with van der Waals surface area (Å²) in [6, 6.07) is 8.40. The van der Waals surface area contributed by atoms with Gasteiger partial charge < -0.3 is 35.1 Å². The Balaban J connectivity index is 1.53. The van der Waals surface area contributed by atoms with Crippen LogP contribution >= 0.6 is 0 Å². The molecule has 9 heteroatoms. The zero-order chi connectivity index (χ0) is 24.9. The van der Waals surface area contributed by atoms with Gasteiger partial charge in [-0.05, 0) is 56.2 Å². The summed E-state index contributed by atoms with van der Waals surface area (Å²) in [7, 11) is 3.27. The fourth-order valence-corrected chi connectivity index (χ4v) is 5.06. The molecule has 0 radical (unpaired) electrons. The maximum Gasteiger partial charge on any atom is 0.406 e. The normalized spacial score (nSPS) is 21.3. The van der Waals surface area contributed by atoms with Crippen molar-refractivity contribution in [1.82, 2.24) is 20.9 Å². The second-order valence-corrected chi connectivity index (χ2v) is 9.48. The molecule has 196 valence electrons. The van der Waals surface area contributed by atoms with Crippen molar-refractivity contribution in [3.8, 4) is 0 Å². The third-order valence-corrected chi connectivity index (χ3v) is 6.81. The van der Waals surface area contributed by atoms with Gasteiger partial charge in [-0.25, -0.2) is 9.59 Å². The number of nitrogens with one attached hydrogen (secondary N) is 3. The minimum Gasteiger partial charge on any atom is -0.453 e. The molecule has 3 N–H and O–H groups in total. The van der Waals surface area contributed by atoms with E-state index < -0.39 is 6.09 Å². The molecule has 2 aliphatic heterocycles. The third-order valence-electron chi connectivity index (χ3n) is 6.81. The molecule has 0 unspecified atom stereocenters. The summed E-state index contributed by atoms with van der Waals surface area (Å²) in [6.45, 7) is 5.14. The number of urea groups is 1. The van der Waals surface area contributed by atoms with Gasteiger partial charge in [-0.15, -0.1) is 0 Å². The molecule has 3 atom stereocenters. The van der Waals surface area contributed by atoms with Crippen molar-refractivity contribution < 1.29 is 23.8 Å². The molecule has 2 fully saturated rings. The lowest BCUT2D eigenvalue weighted by Crippen LogP contribution is -2.51. The first-order valence-electron chi connectivity index (χ1n) is 12.9. The van der Waals surface area contributed by atoms with Crippen molar-refractivity contribution in [3.63, 3.8) is 0 Å². The highest BCUT2D eigenvalue weighted by molar-refractivity contribution is 5.74. The zero-order valence-electron chi connectivity index (χ0n) is 21.2. The van der Waals surface area contributed by atoms with Crippen LogP contribution in [0.1, 0.15) is 49.1 Å². The highest BCUT2D eigenvalue weighted by atomic mass is 16.5. The van der Waals surface area contributed by atoms with Crippen LogP contribution < -0.4 is 16.0 Å². The summed E-state index contributed by atoms with van der Waals surface area (Å²) in [5, 5.41) is 9.13. The van der Waals surface area contributed by atoms with E-state index in [1.54, 1.807) is 0 Å². The topological polar surface area (TPSA) is 101 Å². The predicted molar refractivity (Wildman–Crippen MR) is 134 cm³/mol. The van der Waals surface area contributed by atoms with Gasteiger partial charge in [0.2, 0.25) is 0 Å². The smallest absolute Gasteiger partial charge is 0.406 e. The Morgan fingerprint density at radius 1 is 1.23 bits per heavy atom. The summed E-state index contributed by atoms with van der Waals surface area (Å²) in [6.07, 6.45) is 4.77. The second kappa shape index (κ2) is 14.9. The highest BCUT2D eigenvalue weighted by Gasteiger charge is 2.28. The van der Waals surface area contributed by atoms with Crippen molar-refractivity contribution >= 4 is 12.1 Å². The first-order valence-corrected chi connectivity index (χ1v) is 12.9. The Labute approximate surface area is 209 Å². The molecule has 0 spiro atoms. The maximum atomic E-state index is 13.2. The number of carbonyl (C=O) groups excluding carboxylic acids is 2. The van der Waals surface area contributed by atoms with Crippen molar-refractivity contribution in [3.05, 3.63) is 35.4 Å². The minimum atomic E-state index is -0.460. The van der Waals surface area contributed by atoms with E-state index >= 15 is 0 Å². The van der Waals surface area contributed by atoms with Gasteiger partial charge in [0.05, 0.1) is 20.3 Å². The van der Waals surface area contributed by atoms with Gasteiger partial charge >= 0.3 is 12.1 Å². The molecule has 3 rings (SSSR count). The van der Waals surface area contributed by atoms with Crippen LogP contribution in [-0.4, -0.2) is 83.2 Å². The number of benzene rings is 1. The fourth-order valence-electron chi connectivity index (χ4n) is 5.06. The molecule has 3 amide bonds. The Hall–Kier alpha value is -2.36. The largest absolute Gasteiger partial charge is 0.453 e. The molecule has 9 nitrogen and oxygen atoms in total. The lowest BCUT2D eigenvalue weighted by atomic mass is 9.88. The van der Waals surface area contributed by atoms with Crippen LogP contribution in [0, 0.1) is 5.92 Å². The molecular weight excluding hydrogens is 448 g/mol. The summed E-state index contributed by atoms with van der Waals surface area (Å²) in [5.74, 6) is 0.781. The molecule has 2 aliphatic rings. The Bertz CT molecular complexity index is 787. The number of rotatable bonds is 11. The first kappa shape index (κ1) is 27.2. The Morgan fingerprint density at radius 3 is 2.86 bits per heavy atom. The lowest BCUT2D eigenvalue weighted by Gasteiger charge is -2.35. The number of piperidine rings is 1. The molecule has 0 bridgehead atoms. The van der Waals surface area contributed by atoms with Crippen LogP contribution in [0.4, 0.5) is 9.59 Å². The number of alkyl carbamates (subject to hydrolysis) is 1. The molecule has 0 aliphatic carbocycles. The number of carbonyl (C=O) groups is 2. The number of ether oxygens (including phenoxy) is 3. The molecule has 2 heterocycles. The minimum absolute atomic E-state index is 0.0225. The molecule has 1 aromatic carbocycles. The van der Waals surface area contributed by atoms with E-state index in [1.807, 2.05) is 24.1 Å². The zero-order valence-corrected chi connectivity index (χ0v) is 21.2. The van der Waals surface area contributed by atoms with Crippen molar-refractivity contribution in [2.24, 2.45) is 5.92 Å². The van der Waals surface area contributed by atoms with Gasteiger partial charge in [-0.3, -0.25) is 0 Å². The van der Waals surface area contributed by atoms with E-state index in [0.29, 0.717) is 32.2 Å². The van der Waals surface area contributed by atoms with Gasteiger partial charge in [-0.1, -0.05) is 24.3 Å². The Kier molecular flexibility index (Phi) is 11.6. The van der Waals surface area contributed by atoms with Crippen LogP contribution in [-0.2, 0) is 20.8 Å². The van der Waals surface area contributed by atoms with E-state index in [4.69, 9.17) is 9.47 Å². The number of hydrogen-bond donors (Lipinski definition) is 3. The molecule has 0 saturated carbocycles. The maximum absolute atomic E-state index is 13.2. The monoisotopic (exact) mass is 490 g/mol. The molecule has 1 aromatic rings. The van der Waals surface area contributed by atoms with Gasteiger partial charge in [-0.2, -0.15) is 0 Å². The number of nitrogens with zero attached hydrogens (tertiary/aromatic N) is 1. The summed E-state index contributed by atoms with van der Waals surface area (Å²) < 4.78 is 16.0. The first-order chi connectivity index (χ1) is 17.1. The van der Waals surface area contributed by atoms with Crippen molar-refractivity contribution in [2.75, 3.05) is 60.2 Å². The van der Waals surface area contributed by atoms with Crippen LogP contribution in [0.25, 0.3) is 0 Å². The van der Waals surface area contributed by atoms with Gasteiger partial charge in [0.15, 0.2) is 0 Å². The van der Waals surface area contributed by atoms with Gasteiger partial charge in [0.25, 0.3) is 0 Å². The van der Waals surface area contributed by atoms with E-state index in [2.05, 4.69) is 32.8 Å². The predicted octanol–water partition coefficient (Wildman–Crippen LogP) is 2.85. The van der Waals surface area contributed by atoms with Gasteiger partial charge in [0.1, 0.15) is 0 Å². The second-order valence-electron chi connectivity index (χ2n) is 9.48. The fraction of sp³-hybridized carbons (Fsp3) is 0.692. The van der Waals surface area contributed by atoms with Crippen molar-refractivity contribution in [2.45, 2.75) is 50.7 Å². The van der Waals surface area contributed by atoms with Crippen LogP contribution in [0.5, 0.6) is 0 Å². The number of likely N-dealkylation sites (N-methyl/N-ethyl adjacent to an activating group) is 1. The van der Waals surface area contributed by atoms with Crippen molar-refractivity contribution in [1.29, 1.82) is 0 Å². The highest BCUT2D eigenvalue weighted by Crippen LogP contribution is 2.30. The van der Waals surface area contributed by atoms with Crippen LogP contribution in [0.2, 0.25) is 0 Å². The lowest BCUT2D eigenvalue weighted by molar-refractivity contribution is 0.0476. The summed E-state index contributed by atoms with van der Waals surface area (Å²) in [4.78, 5) is 26.3. The summed E-state index contributed by atoms with van der Waals surface area (Å²) in [5.41, 5.74) is 2.36. The average Bonchev–Trinajstić information content (AvgIpc) is 2.89. The standard InChI is InChI=1S/C26H42N4O5/c1-27-16-23(15-20-7-6-13-34-18-20)29-25(31)30-12-5-9-21(17-30)24-10-4-3-8-22(24)19-35-14-11-28-26(32)33-2/h3-4,8,10,20-21,23,27H,5-7,9,11-19H2,1-2H3,(H,28,32)(H,29,31)/t20-,21+,23+/m1/s1. The Morgan fingerprint density at radius 2 is 2.09 bits per heavy atom. The molecular formula is C26H42N4O5. The number of hydrogen-bond acceptors (Lipinski definition) is 6. The third kappa shape index (κ3) is 8.98.